The Morgan fingerprint density at radius 3 is 2.47 bits per heavy atom. The van der Waals surface area contributed by atoms with Gasteiger partial charge in [-0.25, -0.2) is 0 Å². The van der Waals surface area contributed by atoms with Gasteiger partial charge in [-0.2, -0.15) is 0 Å². The summed E-state index contributed by atoms with van der Waals surface area (Å²) >= 11 is 0. The highest BCUT2D eigenvalue weighted by Gasteiger charge is 2.31. The Morgan fingerprint density at radius 2 is 1.87 bits per heavy atom. The van der Waals surface area contributed by atoms with Crippen molar-refractivity contribution in [1.82, 2.24) is 5.32 Å². The second-order valence-electron chi connectivity index (χ2n) is 5.22. The summed E-state index contributed by atoms with van der Waals surface area (Å²) in [4.78, 5) is 0. The van der Waals surface area contributed by atoms with Gasteiger partial charge in [0.05, 0.1) is 6.61 Å². The van der Waals surface area contributed by atoms with Crippen molar-refractivity contribution >= 4 is 0 Å². The average molecular weight is 211 g/mol. The van der Waals surface area contributed by atoms with E-state index in [-0.39, 0.29) is 0 Å². The molecular formula is C13H25NO. The Kier molecular flexibility index (Phi) is 4.45. The summed E-state index contributed by atoms with van der Waals surface area (Å²) in [5.74, 6) is 1.71. The van der Waals surface area contributed by atoms with Crippen molar-refractivity contribution < 1.29 is 4.74 Å². The minimum absolute atomic E-state index is 0.738. The molecular weight excluding hydrogens is 186 g/mol. The first kappa shape index (κ1) is 11.4. The highest BCUT2D eigenvalue weighted by molar-refractivity contribution is 4.86. The lowest BCUT2D eigenvalue weighted by Gasteiger charge is -2.34. The fourth-order valence-corrected chi connectivity index (χ4v) is 3.40. The first-order chi connectivity index (χ1) is 7.42. The molecule has 88 valence electrons. The topological polar surface area (TPSA) is 21.3 Å². The molecule has 15 heavy (non-hydrogen) atoms. The number of hydrogen-bond acceptors (Lipinski definition) is 2. The molecule has 0 aromatic rings. The van der Waals surface area contributed by atoms with Gasteiger partial charge in [0.2, 0.25) is 0 Å². The van der Waals surface area contributed by atoms with Crippen LogP contribution in [0.15, 0.2) is 0 Å². The van der Waals surface area contributed by atoms with Crippen LogP contribution >= 0.6 is 0 Å². The van der Waals surface area contributed by atoms with Crippen molar-refractivity contribution in [3.63, 3.8) is 0 Å². The molecule has 2 fully saturated rings. The molecule has 2 nitrogen and oxygen atoms in total. The molecule has 1 saturated carbocycles. The third-order valence-electron chi connectivity index (χ3n) is 4.23. The van der Waals surface area contributed by atoms with E-state index in [9.17, 15) is 0 Å². The summed E-state index contributed by atoms with van der Waals surface area (Å²) in [5, 5.41) is 3.70. The van der Waals surface area contributed by atoms with E-state index in [1.54, 1.807) is 0 Å². The molecule has 2 unspecified atom stereocenters. The quantitative estimate of drug-likeness (QED) is 0.771. The van der Waals surface area contributed by atoms with E-state index < -0.39 is 0 Å². The summed E-state index contributed by atoms with van der Waals surface area (Å²) in [6.45, 7) is 2.18. The number of piperidine rings is 1. The Hall–Kier alpha value is -0.0800. The van der Waals surface area contributed by atoms with E-state index in [1.807, 2.05) is 7.11 Å². The van der Waals surface area contributed by atoms with Crippen LogP contribution in [0.1, 0.15) is 44.9 Å². The zero-order valence-electron chi connectivity index (χ0n) is 10.0. The Balaban J connectivity index is 1.90. The second-order valence-corrected chi connectivity index (χ2v) is 5.22. The zero-order chi connectivity index (χ0) is 10.5. The smallest absolute Gasteiger partial charge is 0.0508 e. The largest absolute Gasteiger partial charge is 0.384 e. The summed E-state index contributed by atoms with van der Waals surface area (Å²) in [6.07, 6.45) is 9.89. The molecule has 2 rings (SSSR count). The van der Waals surface area contributed by atoms with Crippen molar-refractivity contribution in [2.75, 3.05) is 20.3 Å². The van der Waals surface area contributed by atoms with E-state index in [0.717, 1.165) is 24.5 Å². The number of nitrogens with one attached hydrogen (secondary N) is 1. The van der Waals surface area contributed by atoms with Crippen molar-refractivity contribution in [2.45, 2.75) is 51.0 Å². The fraction of sp³-hybridized carbons (Fsp3) is 1.00. The van der Waals surface area contributed by atoms with Crippen LogP contribution in [0.3, 0.4) is 0 Å². The van der Waals surface area contributed by atoms with Gasteiger partial charge in [-0.05, 0) is 25.3 Å². The maximum Gasteiger partial charge on any atom is 0.0508 e. The third kappa shape index (κ3) is 2.94. The molecule has 0 amide bonds. The van der Waals surface area contributed by atoms with Gasteiger partial charge < -0.3 is 10.1 Å². The zero-order valence-corrected chi connectivity index (χ0v) is 10.0. The normalized spacial score (nSPS) is 30.6. The summed E-state index contributed by atoms with van der Waals surface area (Å²) < 4.78 is 5.43. The lowest BCUT2D eigenvalue weighted by atomic mass is 9.82. The summed E-state index contributed by atoms with van der Waals surface area (Å²) in [5.41, 5.74) is 0. The van der Waals surface area contributed by atoms with Crippen molar-refractivity contribution in [2.24, 2.45) is 11.8 Å². The molecule has 1 aliphatic carbocycles. The van der Waals surface area contributed by atoms with Crippen LogP contribution in [0.5, 0.6) is 0 Å². The molecule has 0 aromatic carbocycles. The molecule has 2 atom stereocenters. The predicted molar refractivity (Wildman–Crippen MR) is 63.0 cm³/mol. The van der Waals surface area contributed by atoms with Crippen molar-refractivity contribution in [1.29, 1.82) is 0 Å². The molecule has 2 heteroatoms. The summed E-state index contributed by atoms with van der Waals surface area (Å²) in [6, 6.07) is 0.738. The second kappa shape index (κ2) is 5.86. The highest BCUT2D eigenvalue weighted by Crippen LogP contribution is 2.35. The molecule has 0 aromatic heterocycles. The third-order valence-corrected chi connectivity index (χ3v) is 4.23. The number of methoxy groups -OCH3 is 1. The van der Waals surface area contributed by atoms with Crippen LogP contribution in [0, 0.1) is 11.8 Å². The number of rotatable bonds is 4. The van der Waals surface area contributed by atoms with Gasteiger partial charge in [0.25, 0.3) is 0 Å². The van der Waals surface area contributed by atoms with Crippen LogP contribution in [-0.4, -0.2) is 26.3 Å². The van der Waals surface area contributed by atoms with Crippen LogP contribution in [0.25, 0.3) is 0 Å². The monoisotopic (exact) mass is 211 g/mol. The van der Waals surface area contributed by atoms with Gasteiger partial charge >= 0.3 is 0 Å². The molecule has 0 bridgehead atoms. The van der Waals surface area contributed by atoms with Gasteiger partial charge in [0.15, 0.2) is 0 Å². The van der Waals surface area contributed by atoms with Crippen molar-refractivity contribution in [3.8, 4) is 0 Å². The van der Waals surface area contributed by atoms with E-state index in [2.05, 4.69) is 5.32 Å². The Morgan fingerprint density at radius 1 is 1.13 bits per heavy atom. The summed E-state index contributed by atoms with van der Waals surface area (Å²) in [7, 11) is 1.85. The van der Waals surface area contributed by atoms with E-state index in [1.165, 1.54) is 51.5 Å². The molecule has 2 aliphatic rings. The van der Waals surface area contributed by atoms with E-state index in [4.69, 9.17) is 4.74 Å². The van der Waals surface area contributed by atoms with Crippen molar-refractivity contribution in [3.05, 3.63) is 0 Å². The predicted octanol–water partition coefficient (Wildman–Crippen LogP) is 2.58. The lowest BCUT2D eigenvalue weighted by Crippen LogP contribution is -2.44. The first-order valence-electron chi connectivity index (χ1n) is 6.64. The van der Waals surface area contributed by atoms with Gasteiger partial charge in [-0.15, -0.1) is 0 Å². The SMILES string of the molecule is COCC(C1CCCC1)C1CCCCN1. The van der Waals surface area contributed by atoms with Crippen LogP contribution in [-0.2, 0) is 4.74 Å². The van der Waals surface area contributed by atoms with E-state index in [0.29, 0.717) is 0 Å². The van der Waals surface area contributed by atoms with Gasteiger partial charge in [-0.3, -0.25) is 0 Å². The highest BCUT2D eigenvalue weighted by atomic mass is 16.5. The Labute approximate surface area is 93.8 Å². The minimum atomic E-state index is 0.738. The van der Waals surface area contributed by atoms with Crippen LogP contribution < -0.4 is 5.32 Å². The van der Waals surface area contributed by atoms with Gasteiger partial charge in [0, 0.05) is 19.1 Å². The van der Waals surface area contributed by atoms with E-state index >= 15 is 0 Å². The van der Waals surface area contributed by atoms with Gasteiger partial charge in [0.1, 0.15) is 0 Å². The molecule has 0 spiro atoms. The number of ether oxygens (including phenoxy) is 1. The van der Waals surface area contributed by atoms with Crippen LogP contribution in [0.2, 0.25) is 0 Å². The lowest BCUT2D eigenvalue weighted by molar-refractivity contribution is 0.0871. The van der Waals surface area contributed by atoms with Crippen LogP contribution in [0.4, 0.5) is 0 Å². The fourth-order valence-electron chi connectivity index (χ4n) is 3.40. The average Bonchev–Trinajstić information content (AvgIpc) is 2.80. The molecule has 1 heterocycles. The maximum absolute atomic E-state index is 5.43. The Bertz CT molecular complexity index is 171. The standard InChI is InChI=1S/C13H25NO/c1-15-10-12(11-6-2-3-7-11)13-8-4-5-9-14-13/h11-14H,2-10H2,1H3. The first-order valence-corrected chi connectivity index (χ1v) is 6.64. The molecule has 1 saturated heterocycles. The maximum atomic E-state index is 5.43. The van der Waals surface area contributed by atoms with Gasteiger partial charge in [-0.1, -0.05) is 32.1 Å². The molecule has 1 N–H and O–H groups in total. The number of hydrogen-bond donors (Lipinski definition) is 1. The molecule has 0 radical (unpaired) electrons. The molecule has 1 aliphatic heterocycles. The minimum Gasteiger partial charge on any atom is -0.384 e.